The monoisotopic (exact) mass is 288 g/mol. The number of anilines is 1. The minimum Gasteiger partial charge on any atom is -0.451 e. The summed E-state index contributed by atoms with van der Waals surface area (Å²) in [7, 11) is 1.80. The zero-order valence-electron chi connectivity index (χ0n) is 12.2. The molecule has 0 aliphatic carbocycles. The Morgan fingerprint density at radius 3 is 3.05 bits per heavy atom. The third-order valence-corrected chi connectivity index (χ3v) is 3.88. The molecule has 2 N–H and O–H groups in total. The minimum absolute atomic E-state index is 0.102. The van der Waals surface area contributed by atoms with Gasteiger partial charge in [0.2, 0.25) is 0 Å². The molecule has 2 heterocycles. The zero-order chi connectivity index (χ0) is 14.8. The Kier molecular flexibility index (Phi) is 3.84. The van der Waals surface area contributed by atoms with Gasteiger partial charge in [0.05, 0.1) is 6.61 Å². The summed E-state index contributed by atoms with van der Waals surface area (Å²) in [6, 6.07) is 7.12. The quantitative estimate of drug-likeness (QED) is 0.881. The lowest BCUT2D eigenvalue weighted by atomic mass is 10.0. The van der Waals surface area contributed by atoms with E-state index < -0.39 is 0 Å². The number of benzene rings is 1. The third-order valence-electron chi connectivity index (χ3n) is 3.88. The second kappa shape index (κ2) is 5.77. The van der Waals surface area contributed by atoms with Crippen molar-refractivity contribution in [2.45, 2.75) is 12.8 Å². The van der Waals surface area contributed by atoms with E-state index in [1.165, 1.54) is 0 Å². The van der Waals surface area contributed by atoms with Crippen LogP contribution >= 0.6 is 0 Å². The molecule has 1 fully saturated rings. The molecule has 112 valence electrons. The highest BCUT2D eigenvalue weighted by Crippen LogP contribution is 2.23. The number of rotatable bonds is 3. The Labute approximate surface area is 123 Å². The Morgan fingerprint density at radius 2 is 2.29 bits per heavy atom. The molecule has 5 nitrogen and oxygen atoms in total. The zero-order valence-corrected chi connectivity index (χ0v) is 12.2. The summed E-state index contributed by atoms with van der Waals surface area (Å²) in [5, 5.41) is 0.854. The van der Waals surface area contributed by atoms with Gasteiger partial charge in [0.25, 0.3) is 5.91 Å². The standard InChI is InChI=1S/C16H20N2O3/c1-18(9-11-3-2-6-20-10-11)16(19)15-8-12-7-13(17)4-5-14(12)21-15/h4-5,7-8,11H,2-3,6,9-10,17H2,1H3. The van der Waals surface area contributed by atoms with Crippen molar-refractivity contribution >= 4 is 22.6 Å². The van der Waals surface area contributed by atoms with E-state index in [1.807, 2.05) is 6.07 Å². The van der Waals surface area contributed by atoms with E-state index >= 15 is 0 Å². The molecule has 1 saturated heterocycles. The van der Waals surface area contributed by atoms with Crippen molar-refractivity contribution in [2.24, 2.45) is 5.92 Å². The van der Waals surface area contributed by atoms with Crippen molar-refractivity contribution in [3.63, 3.8) is 0 Å². The van der Waals surface area contributed by atoms with Crippen LogP contribution in [0.4, 0.5) is 5.69 Å². The van der Waals surface area contributed by atoms with Gasteiger partial charge in [-0.05, 0) is 43.0 Å². The molecule has 0 radical (unpaired) electrons. The van der Waals surface area contributed by atoms with Crippen LogP contribution in [0.3, 0.4) is 0 Å². The lowest BCUT2D eigenvalue weighted by molar-refractivity contribution is 0.0380. The maximum atomic E-state index is 12.4. The molecule has 2 aromatic rings. The molecule has 3 rings (SSSR count). The van der Waals surface area contributed by atoms with Gasteiger partial charge in [-0.2, -0.15) is 0 Å². The van der Waals surface area contributed by atoms with Gasteiger partial charge in [-0.15, -0.1) is 0 Å². The smallest absolute Gasteiger partial charge is 0.289 e. The van der Waals surface area contributed by atoms with Gasteiger partial charge in [0.1, 0.15) is 5.58 Å². The molecule has 0 bridgehead atoms. The maximum absolute atomic E-state index is 12.4. The van der Waals surface area contributed by atoms with Crippen LogP contribution in [0.5, 0.6) is 0 Å². The first kappa shape index (κ1) is 13.9. The summed E-state index contributed by atoms with van der Waals surface area (Å²) in [6.07, 6.45) is 2.17. The van der Waals surface area contributed by atoms with E-state index in [0.717, 1.165) is 31.4 Å². The van der Waals surface area contributed by atoms with Crippen LogP contribution in [0.15, 0.2) is 28.7 Å². The first-order valence-corrected chi connectivity index (χ1v) is 7.26. The maximum Gasteiger partial charge on any atom is 0.289 e. The predicted octanol–water partition coefficient (Wildman–Crippen LogP) is 2.51. The van der Waals surface area contributed by atoms with Crippen LogP contribution < -0.4 is 5.73 Å². The summed E-state index contributed by atoms with van der Waals surface area (Å²) in [5.41, 5.74) is 7.09. The number of amides is 1. The number of furan rings is 1. The Bertz CT molecular complexity index is 644. The fraction of sp³-hybridized carbons (Fsp3) is 0.438. The van der Waals surface area contributed by atoms with Crippen LogP contribution in [-0.2, 0) is 4.74 Å². The Balaban J connectivity index is 1.72. The van der Waals surface area contributed by atoms with Crippen LogP contribution in [0.25, 0.3) is 11.0 Å². The van der Waals surface area contributed by atoms with Gasteiger partial charge in [-0.1, -0.05) is 0 Å². The number of fused-ring (bicyclic) bond motifs is 1. The molecular formula is C16H20N2O3. The van der Waals surface area contributed by atoms with E-state index in [2.05, 4.69) is 0 Å². The molecule has 1 aromatic carbocycles. The van der Waals surface area contributed by atoms with Crippen molar-refractivity contribution < 1.29 is 13.9 Å². The molecule has 1 unspecified atom stereocenters. The van der Waals surface area contributed by atoms with Crippen LogP contribution in [0.1, 0.15) is 23.4 Å². The van der Waals surface area contributed by atoms with Crippen LogP contribution in [-0.4, -0.2) is 37.6 Å². The molecular weight excluding hydrogens is 268 g/mol. The molecule has 1 aliphatic rings. The number of hydrogen-bond acceptors (Lipinski definition) is 4. The van der Waals surface area contributed by atoms with Crippen LogP contribution in [0.2, 0.25) is 0 Å². The van der Waals surface area contributed by atoms with Crippen molar-refractivity contribution in [1.82, 2.24) is 4.90 Å². The second-order valence-electron chi connectivity index (χ2n) is 5.68. The predicted molar refractivity (Wildman–Crippen MR) is 81.1 cm³/mol. The number of hydrogen-bond donors (Lipinski definition) is 1. The first-order valence-electron chi connectivity index (χ1n) is 7.26. The highest BCUT2D eigenvalue weighted by Gasteiger charge is 2.21. The van der Waals surface area contributed by atoms with Crippen molar-refractivity contribution in [3.05, 3.63) is 30.0 Å². The van der Waals surface area contributed by atoms with Gasteiger partial charge >= 0.3 is 0 Å². The van der Waals surface area contributed by atoms with Crippen molar-refractivity contribution in [1.29, 1.82) is 0 Å². The molecule has 1 aromatic heterocycles. The molecule has 1 atom stereocenters. The Morgan fingerprint density at radius 1 is 1.43 bits per heavy atom. The van der Waals surface area contributed by atoms with Gasteiger partial charge in [-0.25, -0.2) is 0 Å². The number of carbonyl (C=O) groups is 1. The topological polar surface area (TPSA) is 68.7 Å². The van der Waals surface area contributed by atoms with Gasteiger partial charge in [-0.3, -0.25) is 4.79 Å². The van der Waals surface area contributed by atoms with Crippen LogP contribution in [0, 0.1) is 5.92 Å². The summed E-state index contributed by atoms with van der Waals surface area (Å²) < 4.78 is 11.1. The number of nitrogen functional groups attached to an aromatic ring is 1. The summed E-state index contributed by atoms with van der Waals surface area (Å²) >= 11 is 0. The van der Waals surface area contributed by atoms with Crippen molar-refractivity contribution in [3.8, 4) is 0 Å². The Hall–Kier alpha value is -2.01. The highest BCUT2D eigenvalue weighted by molar-refractivity contribution is 5.96. The molecule has 1 amide bonds. The average Bonchev–Trinajstić information content (AvgIpc) is 2.90. The SMILES string of the molecule is CN(CC1CCCOC1)C(=O)c1cc2cc(N)ccc2o1. The number of nitrogens with zero attached hydrogens (tertiary/aromatic N) is 1. The summed E-state index contributed by atoms with van der Waals surface area (Å²) in [6.45, 7) is 2.26. The average molecular weight is 288 g/mol. The summed E-state index contributed by atoms with van der Waals surface area (Å²) in [4.78, 5) is 14.1. The van der Waals surface area contributed by atoms with E-state index in [0.29, 0.717) is 29.5 Å². The highest BCUT2D eigenvalue weighted by atomic mass is 16.5. The molecule has 0 spiro atoms. The lowest BCUT2D eigenvalue weighted by Gasteiger charge is -2.26. The van der Waals surface area contributed by atoms with E-state index in [1.54, 1.807) is 30.1 Å². The molecule has 21 heavy (non-hydrogen) atoms. The fourth-order valence-electron chi connectivity index (χ4n) is 2.78. The largest absolute Gasteiger partial charge is 0.451 e. The van der Waals surface area contributed by atoms with Gasteiger partial charge < -0.3 is 19.8 Å². The third kappa shape index (κ3) is 3.03. The lowest BCUT2D eigenvalue weighted by Crippen LogP contribution is -2.34. The molecule has 0 saturated carbocycles. The summed E-state index contributed by atoms with van der Waals surface area (Å²) in [5.74, 6) is 0.665. The second-order valence-corrected chi connectivity index (χ2v) is 5.68. The van der Waals surface area contributed by atoms with Gasteiger partial charge in [0.15, 0.2) is 5.76 Å². The van der Waals surface area contributed by atoms with E-state index in [-0.39, 0.29) is 5.91 Å². The van der Waals surface area contributed by atoms with E-state index in [9.17, 15) is 4.79 Å². The minimum atomic E-state index is -0.102. The number of nitrogens with two attached hydrogens (primary N) is 1. The van der Waals surface area contributed by atoms with Gasteiger partial charge in [0, 0.05) is 31.3 Å². The first-order chi connectivity index (χ1) is 10.1. The van der Waals surface area contributed by atoms with Crippen molar-refractivity contribution in [2.75, 3.05) is 32.5 Å². The van der Waals surface area contributed by atoms with E-state index in [4.69, 9.17) is 14.9 Å². The normalized spacial score (nSPS) is 18.8. The number of ether oxygens (including phenoxy) is 1. The molecule has 1 aliphatic heterocycles. The fourth-order valence-corrected chi connectivity index (χ4v) is 2.78. The molecule has 5 heteroatoms. The number of carbonyl (C=O) groups excluding carboxylic acids is 1.